The predicted octanol–water partition coefficient (Wildman–Crippen LogP) is 6.06. The Hall–Kier alpha value is -1.28. The number of nitrogens with zero attached hydrogens (tertiary/aromatic N) is 2. The van der Waals surface area contributed by atoms with E-state index in [1.807, 2.05) is 0 Å². The third kappa shape index (κ3) is 2.81. The maximum absolute atomic E-state index is 14.8. The fraction of sp³-hybridized carbons (Fsp3) is 0.0625. The molecule has 136 valence electrons. The minimum atomic E-state index is -1.08. The van der Waals surface area contributed by atoms with E-state index in [2.05, 4.69) is 4.99 Å². The molecule has 0 aliphatic carbocycles. The van der Waals surface area contributed by atoms with Crippen molar-refractivity contribution in [3.05, 3.63) is 68.7 Å². The van der Waals surface area contributed by atoms with Gasteiger partial charge in [-0.25, -0.2) is 13.2 Å². The van der Waals surface area contributed by atoms with Crippen LogP contribution in [0.2, 0.25) is 10.0 Å². The van der Waals surface area contributed by atoms with Gasteiger partial charge in [0.05, 0.1) is 0 Å². The number of aliphatic imine (C=N–C) groups is 1. The van der Waals surface area contributed by atoms with Crippen LogP contribution in [0.1, 0.15) is 0 Å². The van der Waals surface area contributed by atoms with Gasteiger partial charge in [-0.1, -0.05) is 34.8 Å². The van der Waals surface area contributed by atoms with Crippen molar-refractivity contribution in [3.8, 4) is 0 Å². The molecule has 0 bridgehead atoms. The van der Waals surface area contributed by atoms with Crippen LogP contribution in [-0.4, -0.2) is 17.0 Å². The van der Waals surface area contributed by atoms with Crippen LogP contribution < -0.4 is 4.48 Å². The Morgan fingerprint density at radius 2 is 1.58 bits per heavy atom. The van der Waals surface area contributed by atoms with E-state index in [4.69, 9.17) is 46.4 Å². The Morgan fingerprint density at radius 3 is 2.15 bits per heavy atom. The van der Waals surface area contributed by atoms with Gasteiger partial charge in [-0.2, -0.15) is 9.48 Å². The summed E-state index contributed by atoms with van der Waals surface area (Å²) in [6.07, 6.45) is 0. The summed E-state index contributed by atoms with van der Waals surface area (Å²) >= 11 is 24.6. The molecular formula is C16H8Cl4F3N2O+. The Morgan fingerprint density at radius 1 is 0.923 bits per heavy atom. The van der Waals surface area contributed by atoms with E-state index in [1.165, 1.54) is 6.07 Å². The average molecular weight is 443 g/mol. The van der Waals surface area contributed by atoms with Crippen molar-refractivity contribution in [2.45, 2.75) is 0 Å². The molecule has 1 aliphatic heterocycles. The van der Waals surface area contributed by atoms with Crippen LogP contribution in [-0.2, 0) is 0 Å². The Labute approximate surface area is 166 Å². The molecule has 0 aromatic heterocycles. The summed E-state index contributed by atoms with van der Waals surface area (Å²) in [5, 5.41) is 8.78. The van der Waals surface area contributed by atoms with Crippen LogP contribution in [0.25, 0.3) is 0 Å². The van der Waals surface area contributed by atoms with E-state index in [0.717, 1.165) is 18.2 Å². The molecule has 0 radical (unpaired) electrons. The van der Waals surface area contributed by atoms with E-state index in [-0.39, 0.29) is 37.6 Å². The molecule has 10 heteroatoms. The molecular weight excluding hydrogens is 435 g/mol. The van der Waals surface area contributed by atoms with Gasteiger partial charge in [0.1, 0.15) is 28.3 Å². The molecule has 0 amide bonds. The number of hydrogen-bond donors (Lipinski definition) is 1. The third-order valence-electron chi connectivity index (χ3n) is 3.85. The normalized spacial score (nSPS) is 19.9. The number of halogens is 7. The molecule has 1 heterocycles. The van der Waals surface area contributed by atoms with Crippen molar-refractivity contribution in [2.75, 3.05) is 6.61 Å². The second-order valence-corrected chi connectivity index (χ2v) is 6.77. The summed E-state index contributed by atoms with van der Waals surface area (Å²) < 4.78 is 41.0. The zero-order valence-corrected chi connectivity index (χ0v) is 15.6. The minimum absolute atomic E-state index is 0.0222. The molecule has 0 saturated heterocycles. The Kier molecular flexibility index (Phi) is 5.27. The second-order valence-electron chi connectivity index (χ2n) is 5.26. The summed E-state index contributed by atoms with van der Waals surface area (Å²) in [5.74, 6) is -2.66. The SMILES string of the molecule is OCC1=C(Cl)N=C(Cl)[N+]1(c1ccc(F)cc1Cl)c1c(F)cc(F)cc1Cl. The third-order valence-corrected chi connectivity index (χ3v) is 5.08. The predicted molar refractivity (Wildman–Crippen MR) is 97.5 cm³/mol. The summed E-state index contributed by atoms with van der Waals surface area (Å²) in [4.78, 5) is 3.88. The molecule has 3 nitrogen and oxygen atoms in total. The minimum Gasteiger partial charge on any atom is -0.386 e. The summed E-state index contributed by atoms with van der Waals surface area (Å²) in [5.41, 5.74) is -0.429. The molecule has 1 atom stereocenters. The van der Waals surface area contributed by atoms with Crippen molar-refractivity contribution < 1.29 is 18.3 Å². The van der Waals surface area contributed by atoms with Crippen molar-refractivity contribution in [2.24, 2.45) is 4.99 Å². The fourth-order valence-electron chi connectivity index (χ4n) is 2.84. The van der Waals surface area contributed by atoms with Crippen molar-refractivity contribution in [1.29, 1.82) is 0 Å². The molecule has 26 heavy (non-hydrogen) atoms. The Bertz CT molecular complexity index is 957. The number of rotatable bonds is 3. The van der Waals surface area contributed by atoms with Crippen molar-refractivity contribution in [1.82, 2.24) is 4.48 Å². The van der Waals surface area contributed by atoms with E-state index >= 15 is 0 Å². The van der Waals surface area contributed by atoms with E-state index < -0.39 is 28.5 Å². The lowest BCUT2D eigenvalue weighted by atomic mass is 10.1. The van der Waals surface area contributed by atoms with Gasteiger partial charge in [-0.05, 0) is 18.2 Å². The summed E-state index contributed by atoms with van der Waals surface area (Å²) in [6.45, 7) is -0.709. The number of quaternary nitrogens is 1. The first-order valence-electron chi connectivity index (χ1n) is 6.98. The van der Waals surface area contributed by atoms with Crippen LogP contribution in [0.15, 0.2) is 46.2 Å². The van der Waals surface area contributed by atoms with Crippen LogP contribution in [0.4, 0.5) is 24.5 Å². The quantitative estimate of drug-likeness (QED) is 0.454. The molecule has 2 aromatic carbocycles. The lowest BCUT2D eigenvalue weighted by Crippen LogP contribution is -2.46. The first-order chi connectivity index (χ1) is 12.2. The largest absolute Gasteiger partial charge is 0.386 e. The topological polar surface area (TPSA) is 32.6 Å². The highest BCUT2D eigenvalue weighted by Gasteiger charge is 2.53. The smallest absolute Gasteiger partial charge is 0.317 e. The van der Waals surface area contributed by atoms with Gasteiger partial charge in [0.25, 0.3) is 0 Å². The monoisotopic (exact) mass is 441 g/mol. The van der Waals surface area contributed by atoms with Crippen molar-refractivity contribution in [3.63, 3.8) is 0 Å². The van der Waals surface area contributed by atoms with Crippen LogP contribution in [0.5, 0.6) is 0 Å². The highest BCUT2D eigenvalue weighted by molar-refractivity contribution is 6.69. The maximum Gasteiger partial charge on any atom is 0.317 e. The Balaban J connectivity index is 2.50. The molecule has 1 N–H and O–H groups in total. The van der Waals surface area contributed by atoms with Gasteiger partial charge in [0.15, 0.2) is 22.4 Å². The van der Waals surface area contributed by atoms with Gasteiger partial charge < -0.3 is 5.11 Å². The lowest BCUT2D eigenvalue weighted by Gasteiger charge is -2.34. The fourth-order valence-corrected chi connectivity index (χ4v) is 4.13. The van der Waals surface area contributed by atoms with Crippen LogP contribution in [0, 0.1) is 17.5 Å². The summed E-state index contributed by atoms with van der Waals surface area (Å²) in [6, 6.07) is 4.70. The van der Waals surface area contributed by atoms with Crippen molar-refractivity contribution >= 4 is 63.1 Å². The number of hydrogen-bond acceptors (Lipinski definition) is 2. The molecule has 0 saturated carbocycles. The van der Waals surface area contributed by atoms with Gasteiger partial charge in [0.2, 0.25) is 5.69 Å². The van der Waals surface area contributed by atoms with Crippen LogP contribution >= 0.6 is 46.4 Å². The lowest BCUT2D eigenvalue weighted by molar-refractivity contribution is 0.310. The summed E-state index contributed by atoms with van der Waals surface area (Å²) in [7, 11) is 0. The standard InChI is InChI=1S/C16H8Cl4F3N2O/c17-9-3-7(21)1-2-12(9)25(13(6-26)15(19)24-16(25)20)14-10(18)4-8(22)5-11(14)23/h1-5,26H,6H2/q+1. The molecule has 0 fully saturated rings. The molecule has 3 rings (SSSR count). The van der Waals surface area contributed by atoms with Gasteiger partial charge >= 0.3 is 5.29 Å². The molecule has 1 unspecified atom stereocenters. The number of aliphatic hydroxyl groups excluding tert-OH is 1. The first-order valence-corrected chi connectivity index (χ1v) is 8.49. The number of benzene rings is 2. The first kappa shape index (κ1) is 19.5. The van der Waals surface area contributed by atoms with Gasteiger partial charge in [-0.3, -0.25) is 0 Å². The average Bonchev–Trinajstić information content (AvgIpc) is 2.77. The van der Waals surface area contributed by atoms with E-state index in [1.54, 1.807) is 0 Å². The highest BCUT2D eigenvalue weighted by atomic mass is 35.5. The zero-order valence-electron chi connectivity index (χ0n) is 12.6. The van der Waals surface area contributed by atoms with Crippen LogP contribution in [0.3, 0.4) is 0 Å². The molecule has 1 aliphatic rings. The van der Waals surface area contributed by atoms with Gasteiger partial charge in [-0.15, -0.1) is 0 Å². The number of aliphatic hydroxyl groups is 1. The van der Waals surface area contributed by atoms with E-state index in [9.17, 15) is 18.3 Å². The van der Waals surface area contributed by atoms with E-state index in [0.29, 0.717) is 6.07 Å². The molecule has 0 spiro atoms. The second kappa shape index (κ2) is 7.03. The maximum atomic E-state index is 14.8. The number of amidine groups is 1. The van der Waals surface area contributed by atoms with Gasteiger partial charge in [0, 0.05) is 23.7 Å². The molecule has 2 aromatic rings. The highest BCUT2D eigenvalue weighted by Crippen LogP contribution is 2.52. The zero-order chi connectivity index (χ0) is 19.2.